The van der Waals surface area contributed by atoms with Gasteiger partial charge in [0.2, 0.25) is 0 Å². The second-order valence-corrected chi connectivity index (χ2v) is 5.79. The first kappa shape index (κ1) is 13.1. The zero-order chi connectivity index (χ0) is 12.5. The van der Waals surface area contributed by atoms with Crippen LogP contribution in [0.15, 0.2) is 21.2 Å². The van der Waals surface area contributed by atoms with Gasteiger partial charge in [-0.15, -0.1) is 0 Å². The van der Waals surface area contributed by atoms with E-state index in [1.165, 1.54) is 12.8 Å². The maximum absolute atomic E-state index is 10.6. The largest absolute Gasteiger partial charge is 0.465 e. The van der Waals surface area contributed by atoms with E-state index in [2.05, 4.69) is 34.7 Å². The van der Waals surface area contributed by atoms with Crippen molar-refractivity contribution in [3.05, 3.63) is 22.6 Å². The molecule has 17 heavy (non-hydrogen) atoms. The molecule has 0 radical (unpaired) electrons. The lowest BCUT2D eigenvalue weighted by atomic mass is 9.88. The molecule has 0 amide bonds. The smallest absolute Gasteiger partial charge is 0.148 e. The highest BCUT2D eigenvalue weighted by atomic mass is 79.9. The van der Waals surface area contributed by atoms with E-state index in [1.54, 1.807) is 6.26 Å². The maximum Gasteiger partial charge on any atom is 0.148 e. The van der Waals surface area contributed by atoms with Crippen LogP contribution in [0.5, 0.6) is 0 Å². The number of rotatable bonds is 4. The number of halogens is 1. The fourth-order valence-electron chi connectivity index (χ4n) is 2.60. The molecule has 0 aliphatic carbocycles. The molecule has 96 valence electrons. The summed E-state index contributed by atoms with van der Waals surface area (Å²) in [5.41, 5.74) is -0.239. The van der Waals surface area contributed by atoms with Crippen LogP contribution in [-0.4, -0.2) is 28.6 Å². The van der Waals surface area contributed by atoms with Crippen molar-refractivity contribution in [1.82, 2.24) is 4.90 Å². The molecule has 3 nitrogen and oxygen atoms in total. The van der Waals surface area contributed by atoms with Crippen molar-refractivity contribution in [2.24, 2.45) is 0 Å². The second-order valence-electron chi connectivity index (χ2n) is 4.94. The predicted octanol–water partition coefficient (Wildman–Crippen LogP) is 3.34. The zero-order valence-electron chi connectivity index (χ0n) is 10.4. The van der Waals surface area contributed by atoms with E-state index < -0.39 is 6.10 Å². The Balaban J connectivity index is 2.25. The Morgan fingerprint density at radius 1 is 1.53 bits per heavy atom. The molecule has 0 bridgehead atoms. The van der Waals surface area contributed by atoms with Crippen LogP contribution in [0.4, 0.5) is 0 Å². The minimum absolute atomic E-state index is 0.239. The first-order valence-corrected chi connectivity index (χ1v) is 7.05. The van der Waals surface area contributed by atoms with E-state index in [9.17, 15) is 5.11 Å². The molecule has 1 N–H and O–H groups in total. The summed E-state index contributed by atoms with van der Waals surface area (Å²) in [6, 6.07) is 1.83. The quantitative estimate of drug-likeness (QED) is 0.926. The van der Waals surface area contributed by atoms with Gasteiger partial charge in [-0.05, 0) is 61.3 Å². The van der Waals surface area contributed by atoms with Crippen molar-refractivity contribution in [2.45, 2.75) is 44.8 Å². The first-order chi connectivity index (χ1) is 8.09. The Morgan fingerprint density at radius 3 is 2.65 bits per heavy atom. The van der Waals surface area contributed by atoms with Crippen molar-refractivity contribution in [1.29, 1.82) is 0 Å². The van der Waals surface area contributed by atoms with Crippen molar-refractivity contribution in [3.63, 3.8) is 0 Å². The van der Waals surface area contributed by atoms with Crippen LogP contribution < -0.4 is 0 Å². The molecule has 0 saturated carbocycles. The average molecular weight is 302 g/mol. The lowest BCUT2D eigenvalue weighted by Crippen LogP contribution is -2.48. The molecule has 1 saturated heterocycles. The van der Waals surface area contributed by atoms with Crippen LogP contribution >= 0.6 is 15.9 Å². The SMILES string of the molecule is CCC(C)(C(O)c1occc1Br)N1CCCC1. The van der Waals surface area contributed by atoms with Gasteiger partial charge in [0.1, 0.15) is 11.9 Å². The van der Waals surface area contributed by atoms with Gasteiger partial charge in [-0.25, -0.2) is 0 Å². The summed E-state index contributed by atoms with van der Waals surface area (Å²) in [4.78, 5) is 2.38. The lowest BCUT2D eigenvalue weighted by Gasteiger charge is -2.41. The predicted molar refractivity (Wildman–Crippen MR) is 70.9 cm³/mol. The monoisotopic (exact) mass is 301 g/mol. The molecular weight excluding hydrogens is 282 g/mol. The number of nitrogens with zero attached hydrogens (tertiary/aromatic N) is 1. The van der Waals surface area contributed by atoms with Crippen LogP contribution in [-0.2, 0) is 0 Å². The van der Waals surface area contributed by atoms with Gasteiger partial charge < -0.3 is 9.52 Å². The summed E-state index contributed by atoms with van der Waals surface area (Å²) >= 11 is 3.42. The number of aliphatic hydroxyl groups excluding tert-OH is 1. The highest BCUT2D eigenvalue weighted by Gasteiger charge is 2.41. The Hall–Kier alpha value is -0.320. The van der Waals surface area contributed by atoms with Crippen molar-refractivity contribution in [2.75, 3.05) is 13.1 Å². The standard InChI is InChI=1S/C13H20BrNO2/c1-3-13(2,15-7-4-5-8-15)12(16)11-10(14)6-9-17-11/h6,9,12,16H,3-5,7-8H2,1-2H3. The molecule has 0 spiro atoms. The van der Waals surface area contributed by atoms with Crippen molar-refractivity contribution < 1.29 is 9.52 Å². The fraction of sp³-hybridized carbons (Fsp3) is 0.692. The Bertz CT molecular complexity index is 373. The van der Waals surface area contributed by atoms with Gasteiger partial charge >= 0.3 is 0 Å². The van der Waals surface area contributed by atoms with Crippen LogP contribution in [0.1, 0.15) is 45.0 Å². The molecule has 0 aromatic carbocycles. The molecule has 2 atom stereocenters. The maximum atomic E-state index is 10.6. The molecule has 2 rings (SSSR count). The van der Waals surface area contributed by atoms with E-state index in [0.29, 0.717) is 5.76 Å². The third kappa shape index (κ3) is 2.30. The van der Waals surface area contributed by atoms with Crippen LogP contribution in [0.2, 0.25) is 0 Å². The van der Waals surface area contributed by atoms with Crippen LogP contribution in [0.3, 0.4) is 0 Å². The second kappa shape index (κ2) is 5.12. The van der Waals surface area contributed by atoms with E-state index in [-0.39, 0.29) is 5.54 Å². The summed E-state index contributed by atoms with van der Waals surface area (Å²) in [6.45, 7) is 6.38. The van der Waals surface area contributed by atoms with Crippen molar-refractivity contribution >= 4 is 15.9 Å². The summed E-state index contributed by atoms with van der Waals surface area (Å²) in [5, 5.41) is 10.6. The minimum atomic E-state index is -0.588. The molecule has 1 aromatic heterocycles. The fourth-order valence-corrected chi connectivity index (χ4v) is 3.02. The Labute approximate surface area is 111 Å². The normalized spacial score (nSPS) is 22.6. The topological polar surface area (TPSA) is 36.6 Å². The molecule has 1 fully saturated rings. The lowest BCUT2D eigenvalue weighted by molar-refractivity contribution is -0.0259. The third-order valence-corrected chi connectivity index (χ3v) is 4.68. The molecule has 2 heterocycles. The minimum Gasteiger partial charge on any atom is -0.465 e. The van der Waals surface area contributed by atoms with Crippen LogP contribution in [0.25, 0.3) is 0 Å². The highest BCUT2D eigenvalue weighted by Crippen LogP contribution is 2.39. The van der Waals surface area contributed by atoms with E-state index in [4.69, 9.17) is 4.42 Å². The molecule has 4 heteroatoms. The molecule has 1 aromatic rings. The molecule has 1 aliphatic heterocycles. The summed E-state index contributed by atoms with van der Waals surface area (Å²) in [7, 11) is 0. The number of likely N-dealkylation sites (tertiary alicyclic amines) is 1. The first-order valence-electron chi connectivity index (χ1n) is 6.25. The van der Waals surface area contributed by atoms with E-state index >= 15 is 0 Å². The van der Waals surface area contributed by atoms with Gasteiger partial charge in [-0.1, -0.05) is 6.92 Å². The van der Waals surface area contributed by atoms with Gasteiger partial charge in [0.25, 0.3) is 0 Å². The van der Waals surface area contributed by atoms with Gasteiger partial charge in [0.15, 0.2) is 0 Å². The zero-order valence-corrected chi connectivity index (χ0v) is 12.0. The Kier molecular flexibility index (Phi) is 3.95. The van der Waals surface area contributed by atoms with E-state index in [1.807, 2.05) is 6.07 Å². The molecular formula is C13H20BrNO2. The highest BCUT2D eigenvalue weighted by molar-refractivity contribution is 9.10. The summed E-state index contributed by atoms with van der Waals surface area (Å²) in [5.74, 6) is 0.640. The Morgan fingerprint density at radius 2 is 2.18 bits per heavy atom. The number of hydrogen-bond donors (Lipinski definition) is 1. The van der Waals surface area contributed by atoms with Gasteiger partial charge in [0.05, 0.1) is 16.3 Å². The number of hydrogen-bond acceptors (Lipinski definition) is 3. The van der Waals surface area contributed by atoms with Gasteiger partial charge in [0, 0.05) is 0 Å². The molecule has 1 aliphatic rings. The van der Waals surface area contributed by atoms with Crippen LogP contribution in [0, 0.1) is 0 Å². The van der Waals surface area contributed by atoms with Gasteiger partial charge in [-0.2, -0.15) is 0 Å². The third-order valence-electron chi connectivity index (χ3n) is 4.03. The number of furan rings is 1. The van der Waals surface area contributed by atoms with Crippen molar-refractivity contribution in [3.8, 4) is 0 Å². The summed E-state index contributed by atoms with van der Waals surface area (Å²) < 4.78 is 6.26. The average Bonchev–Trinajstić information content (AvgIpc) is 2.97. The van der Waals surface area contributed by atoms with E-state index in [0.717, 1.165) is 24.0 Å². The molecule has 2 unspecified atom stereocenters. The van der Waals surface area contributed by atoms with Gasteiger partial charge in [-0.3, -0.25) is 4.90 Å². The summed E-state index contributed by atoms with van der Waals surface area (Å²) in [6.07, 6.45) is 4.38. The number of aliphatic hydroxyl groups is 1.